The molecule has 1 saturated carbocycles. The number of hydrogen-bond donors (Lipinski definition) is 0. The minimum Gasteiger partial charge on any atom is -0.376 e. The summed E-state index contributed by atoms with van der Waals surface area (Å²) in [7, 11) is 0. The molecular weight excluding hydrogens is 228 g/mol. The molecule has 0 aromatic carbocycles. The molecule has 0 saturated heterocycles. The van der Waals surface area contributed by atoms with Crippen LogP contribution in [0, 0.1) is 5.92 Å². The SMILES string of the molecule is CC(C)(C)OCCCC(Br)C1CC1. The van der Waals surface area contributed by atoms with Crippen LogP contribution in [0.4, 0.5) is 0 Å². The highest BCUT2D eigenvalue weighted by molar-refractivity contribution is 9.09. The van der Waals surface area contributed by atoms with Crippen LogP contribution in [0.25, 0.3) is 0 Å². The van der Waals surface area contributed by atoms with Crippen LogP contribution in [0.3, 0.4) is 0 Å². The van der Waals surface area contributed by atoms with Gasteiger partial charge in [-0.25, -0.2) is 0 Å². The van der Waals surface area contributed by atoms with Gasteiger partial charge in [-0.2, -0.15) is 0 Å². The van der Waals surface area contributed by atoms with Gasteiger partial charge in [0.25, 0.3) is 0 Å². The Kier molecular flexibility index (Phi) is 4.24. The van der Waals surface area contributed by atoms with Gasteiger partial charge in [-0.15, -0.1) is 0 Å². The number of rotatable bonds is 5. The predicted molar refractivity (Wildman–Crippen MR) is 60.4 cm³/mol. The fourth-order valence-electron chi connectivity index (χ4n) is 1.35. The number of halogens is 1. The summed E-state index contributed by atoms with van der Waals surface area (Å²) in [6.07, 6.45) is 5.30. The van der Waals surface area contributed by atoms with Crippen LogP contribution in [0.5, 0.6) is 0 Å². The number of alkyl halides is 1. The third-order valence-electron chi connectivity index (χ3n) is 2.29. The van der Waals surface area contributed by atoms with Gasteiger partial charge in [0.05, 0.1) is 5.60 Å². The second kappa shape index (κ2) is 4.79. The van der Waals surface area contributed by atoms with Gasteiger partial charge in [-0.1, -0.05) is 15.9 Å². The first kappa shape index (κ1) is 11.5. The molecule has 1 nitrogen and oxygen atoms in total. The van der Waals surface area contributed by atoms with Crippen molar-refractivity contribution in [1.29, 1.82) is 0 Å². The smallest absolute Gasteiger partial charge is 0.0598 e. The van der Waals surface area contributed by atoms with Crippen molar-refractivity contribution in [3.8, 4) is 0 Å². The van der Waals surface area contributed by atoms with E-state index in [4.69, 9.17) is 4.74 Å². The second-order valence-electron chi connectivity index (χ2n) is 4.96. The van der Waals surface area contributed by atoms with Crippen molar-refractivity contribution in [3.05, 3.63) is 0 Å². The topological polar surface area (TPSA) is 9.23 Å². The van der Waals surface area contributed by atoms with E-state index in [1.54, 1.807) is 0 Å². The van der Waals surface area contributed by atoms with Crippen LogP contribution in [0.2, 0.25) is 0 Å². The summed E-state index contributed by atoms with van der Waals surface area (Å²) in [5.74, 6) is 0.967. The lowest BCUT2D eigenvalue weighted by Crippen LogP contribution is -2.20. The Hall–Kier alpha value is 0.440. The summed E-state index contributed by atoms with van der Waals surface area (Å²) in [5, 5.41) is 0. The van der Waals surface area contributed by atoms with Crippen LogP contribution in [0.1, 0.15) is 46.5 Å². The summed E-state index contributed by atoms with van der Waals surface area (Å²) < 4.78 is 5.66. The molecule has 0 spiro atoms. The monoisotopic (exact) mass is 248 g/mol. The minimum atomic E-state index is 0.0292. The van der Waals surface area contributed by atoms with Crippen LogP contribution in [-0.2, 0) is 4.74 Å². The molecule has 1 fully saturated rings. The molecule has 1 aliphatic rings. The van der Waals surface area contributed by atoms with Gasteiger partial charge in [-0.05, 0) is 52.4 Å². The Morgan fingerprint density at radius 2 is 2.00 bits per heavy atom. The molecule has 0 N–H and O–H groups in total. The molecule has 0 aromatic rings. The number of ether oxygens (including phenoxy) is 1. The highest BCUT2D eigenvalue weighted by atomic mass is 79.9. The molecule has 78 valence electrons. The van der Waals surface area contributed by atoms with E-state index in [9.17, 15) is 0 Å². The van der Waals surface area contributed by atoms with Crippen molar-refractivity contribution in [2.75, 3.05) is 6.61 Å². The molecule has 2 heteroatoms. The van der Waals surface area contributed by atoms with Gasteiger partial charge >= 0.3 is 0 Å². The zero-order chi connectivity index (χ0) is 9.90. The number of hydrogen-bond acceptors (Lipinski definition) is 1. The summed E-state index contributed by atoms with van der Waals surface area (Å²) in [6, 6.07) is 0. The highest BCUT2D eigenvalue weighted by Gasteiger charge is 2.28. The van der Waals surface area contributed by atoms with Gasteiger partial charge in [0.2, 0.25) is 0 Å². The van der Waals surface area contributed by atoms with E-state index < -0.39 is 0 Å². The van der Waals surface area contributed by atoms with Crippen LogP contribution in [0.15, 0.2) is 0 Å². The van der Waals surface area contributed by atoms with Crippen LogP contribution >= 0.6 is 15.9 Å². The van der Waals surface area contributed by atoms with Crippen molar-refractivity contribution in [2.45, 2.75) is 56.9 Å². The van der Waals surface area contributed by atoms with Crippen molar-refractivity contribution in [3.63, 3.8) is 0 Å². The predicted octanol–water partition coefficient (Wildman–Crippen LogP) is 3.76. The Morgan fingerprint density at radius 1 is 1.38 bits per heavy atom. The van der Waals surface area contributed by atoms with Gasteiger partial charge in [0, 0.05) is 11.4 Å². The molecule has 1 unspecified atom stereocenters. The average Bonchev–Trinajstić information content (AvgIpc) is 2.77. The lowest BCUT2D eigenvalue weighted by molar-refractivity contribution is -0.00463. The molecule has 0 aliphatic heterocycles. The molecule has 13 heavy (non-hydrogen) atoms. The zero-order valence-electron chi connectivity index (χ0n) is 8.98. The quantitative estimate of drug-likeness (QED) is 0.532. The third kappa shape index (κ3) is 5.69. The Balaban J connectivity index is 1.94. The van der Waals surface area contributed by atoms with Crippen molar-refractivity contribution >= 4 is 15.9 Å². The standard InChI is InChI=1S/C11H21BrO/c1-11(2,3)13-8-4-5-10(12)9-6-7-9/h9-10H,4-8H2,1-3H3. The molecule has 0 amide bonds. The van der Waals surface area contributed by atoms with E-state index in [0.717, 1.165) is 17.4 Å². The average molecular weight is 249 g/mol. The fourth-order valence-corrected chi connectivity index (χ4v) is 2.20. The normalized spacial score (nSPS) is 20.3. The first-order valence-corrected chi connectivity index (χ1v) is 6.18. The molecular formula is C11H21BrO. The van der Waals surface area contributed by atoms with Crippen LogP contribution in [-0.4, -0.2) is 17.0 Å². The maximum Gasteiger partial charge on any atom is 0.0598 e. The Labute approximate surface area is 90.4 Å². The maximum atomic E-state index is 5.66. The lowest BCUT2D eigenvalue weighted by atomic mass is 10.1. The molecule has 0 aromatic heterocycles. The molecule has 1 atom stereocenters. The van der Waals surface area contributed by atoms with E-state index >= 15 is 0 Å². The fraction of sp³-hybridized carbons (Fsp3) is 1.00. The van der Waals surface area contributed by atoms with Crippen molar-refractivity contribution in [2.24, 2.45) is 5.92 Å². The van der Waals surface area contributed by atoms with Crippen LogP contribution < -0.4 is 0 Å². The Bertz CT molecular complexity index is 147. The van der Waals surface area contributed by atoms with Gasteiger partial charge in [0.15, 0.2) is 0 Å². The van der Waals surface area contributed by atoms with E-state index in [0.29, 0.717) is 0 Å². The first-order valence-electron chi connectivity index (χ1n) is 5.27. The molecule has 1 aliphatic carbocycles. The van der Waals surface area contributed by atoms with Gasteiger partial charge in [0.1, 0.15) is 0 Å². The van der Waals surface area contributed by atoms with E-state index in [1.165, 1.54) is 25.7 Å². The lowest BCUT2D eigenvalue weighted by Gasteiger charge is -2.19. The van der Waals surface area contributed by atoms with Crippen molar-refractivity contribution < 1.29 is 4.74 Å². The van der Waals surface area contributed by atoms with E-state index in [-0.39, 0.29) is 5.60 Å². The largest absolute Gasteiger partial charge is 0.376 e. The second-order valence-corrected chi connectivity index (χ2v) is 6.13. The summed E-state index contributed by atoms with van der Waals surface area (Å²) in [5.41, 5.74) is 0.0292. The van der Waals surface area contributed by atoms with Gasteiger partial charge < -0.3 is 4.74 Å². The van der Waals surface area contributed by atoms with E-state index in [1.807, 2.05) is 0 Å². The Morgan fingerprint density at radius 3 is 2.46 bits per heavy atom. The first-order chi connectivity index (χ1) is 5.99. The minimum absolute atomic E-state index is 0.0292. The van der Waals surface area contributed by atoms with E-state index in [2.05, 4.69) is 36.7 Å². The summed E-state index contributed by atoms with van der Waals surface area (Å²) >= 11 is 3.73. The highest BCUT2D eigenvalue weighted by Crippen LogP contribution is 2.38. The molecule has 0 radical (unpaired) electrons. The summed E-state index contributed by atoms with van der Waals surface area (Å²) in [6.45, 7) is 7.23. The molecule has 0 bridgehead atoms. The molecule has 0 heterocycles. The van der Waals surface area contributed by atoms with Crippen molar-refractivity contribution in [1.82, 2.24) is 0 Å². The molecule has 1 rings (SSSR count). The van der Waals surface area contributed by atoms with Gasteiger partial charge in [-0.3, -0.25) is 0 Å². The summed E-state index contributed by atoms with van der Waals surface area (Å²) in [4.78, 5) is 0.746. The zero-order valence-corrected chi connectivity index (χ0v) is 10.6. The third-order valence-corrected chi connectivity index (χ3v) is 3.50. The maximum absolute atomic E-state index is 5.66.